The fourth-order valence-electron chi connectivity index (χ4n) is 2.65. The van der Waals surface area contributed by atoms with Gasteiger partial charge in [0.1, 0.15) is 5.01 Å². The van der Waals surface area contributed by atoms with Gasteiger partial charge in [0.05, 0.1) is 19.8 Å². The van der Waals surface area contributed by atoms with Crippen LogP contribution in [0.3, 0.4) is 0 Å². The van der Waals surface area contributed by atoms with E-state index < -0.39 is 0 Å². The van der Waals surface area contributed by atoms with Crippen LogP contribution in [0.1, 0.15) is 43.1 Å². The zero-order chi connectivity index (χ0) is 20.2. The number of nitrogens with zero attached hydrogens (tertiary/aromatic N) is 2. The molecule has 0 amide bonds. The van der Waals surface area contributed by atoms with Gasteiger partial charge in [0.15, 0.2) is 17.5 Å². The summed E-state index contributed by atoms with van der Waals surface area (Å²) in [6, 6.07) is 6.13. The van der Waals surface area contributed by atoms with E-state index in [9.17, 15) is 0 Å². The Hall–Kier alpha value is -2.28. The molecule has 0 aliphatic carbocycles. The van der Waals surface area contributed by atoms with E-state index in [0.29, 0.717) is 19.8 Å². The quantitative estimate of drug-likeness (QED) is 0.440. The van der Waals surface area contributed by atoms with E-state index in [1.807, 2.05) is 26.1 Å². The molecule has 0 saturated carbocycles. The number of aryl methyl sites for hydroxylation is 1. The van der Waals surface area contributed by atoms with Crippen molar-refractivity contribution in [3.63, 3.8) is 0 Å². The highest BCUT2D eigenvalue weighted by Gasteiger charge is 2.07. The first-order chi connectivity index (χ1) is 13.7. The van der Waals surface area contributed by atoms with Gasteiger partial charge >= 0.3 is 0 Å². The summed E-state index contributed by atoms with van der Waals surface area (Å²) in [7, 11) is 0. The molecule has 1 aromatic carbocycles. The third-order valence-electron chi connectivity index (χ3n) is 3.98. The first-order valence-corrected chi connectivity index (χ1v) is 10.9. The van der Waals surface area contributed by atoms with E-state index in [1.165, 1.54) is 10.4 Å². The number of nitrogens with one attached hydrogen (secondary N) is 2. The molecule has 0 bridgehead atoms. The molecule has 2 aromatic rings. The molecular weight excluding hydrogens is 372 g/mol. The number of aliphatic imine (C=N–C) groups is 1. The molecule has 6 nitrogen and oxygen atoms in total. The zero-order valence-corrected chi connectivity index (χ0v) is 18.2. The van der Waals surface area contributed by atoms with Crippen LogP contribution in [-0.4, -0.2) is 37.2 Å². The molecule has 0 atom stereocenters. The summed E-state index contributed by atoms with van der Waals surface area (Å²) in [4.78, 5) is 10.4. The van der Waals surface area contributed by atoms with Crippen LogP contribution in [0.25, 0.3) is 0 Å². The molecule has 0 saturated heterocycles. The number of benzene rings is 1. The summed E-state index contributed by atoms with van der Waals surface area (Å²) in [5.41, 5.74) is 1.20. The number of rotatable bonds is 11. The molecule has 0 aliphatic heterocycles. The molecule has 0 unspecified atom stereocenters. The maximum atomic E-state index is 5.71. The third-order valence-corrected chi connectivity index (χ3v) is 5.11. The van der Waals surface area contributed by atoms with Crippen molar-refractivity contribution in [2.24, 2.45) is 4.99 Å². The maximum Gasteiger partial charge on any atom is 0.191 e. The first-order valence-electron chi connectivity index (χ1n) is 10.0. The lowest BCUT2D eigenvalue weighted by atomic mass is 10.1. The Morgan fingerprint density at radius 3 is 2.54 bits per heavy atom. The van der Waals surface area contributed by atoms with Crippen LogP contribution in [0.2, 0.25) is 0 Å². The highest BCUT2D eigenvalue weighted by molar-refractivity contribution is 7.11. The average Bonchev–Trinajstić information content (AvgIpc) is 3.16. The van der Waals surface area contributed by atoms with Gasteiger partial charge in [-0.05, 0) is 51.3 Å². The second kappa shape index (κ2) is 12.2. The van der Waals surface area contributed by atoms with Crippen molar-refractivity contribution in [3.05, 3.63) is 39.8 Å². The topological polar surface area (TPSA) is 67.8 Å². The van der Waals surface area contributed by atoms with E-state index in [-0.39, 0.29) is 0 Å². The number of hydrogen-bond donors (Lipinski definition) is 2. The normalized spacial score (nSPS) is 11.4. The van der Waals surface area contributed by atoms with Gasteiger partial charge in [0.2, 0.25) is 0 Å². The molecule has 1 heterocycles. The monoisotopic (exact) mass is 404 g/mol. The Kier molecular flexibility index (Phi) is 9.62. The van der Waals surface area contributed by atoms with Crippen LogP contribution in [0.15, 0.2) is 29.4 Å². The number of hydrogen-bond acceptors (Lipinski definition) is 5. The lowest BCUT2D eigenvalue weighted by Crippen LogP contribution is -2.38. The van der Waals surface area contributed by atoms with Gasteiger partial charge < -0.3 is 20.1 Å². The van der Waals surface area contributed by atoms with Crippen molar-refractivity contribution in [2.75, 3.05) is 26.3 Å². The van der Waals surface area contributed by atoms with Gasteiger partial charge in [0, 0.05) is 24.2 Å². The molecule has 0 fully saturated rings. The molecule has 2 N–H and O–H groups in total. The van der Waals surface area contributed by atoms with E-state index in [2.05, 4.69) is 46.6 Å². The largest absolute Gasteiger partial charge is 0.490 e. The second-order valence-electron chi connectivity index (χ2n) is 6.09. The molecular formula is C21H32N4O2S. The predicted molar refractivity (Wildman–Crippen MR) is 117 cm³/mol. The predicted octanol–water partition coefficient (Wildman–Crippen LogP) is 3.80. The number of guanidine groups is 1. The minimum Gasteiger partial charge on any atom is -0.490 e. The van der Waals surface area contributed by atoms with Crippen LogP contribution in [-0.2, 0) is 19.4 Å². The summed E-state index contributed by atoms with van der Waals surface area (Å²) in [6.07, 6.45) is 3.83. The minimum atomic E-state index is 0.595. The maximum absolute atomic E-state index is 5.71. The van der Waals surface area contributed by atoms with Crippen LogP contribution < -0.4 is 20.1 Å². The second-order valence-corrected chi connectivity index (χ2v) is 7.29. The van der Waals surface area contributed by atoms with Crippen LogP contribution in [0.4, 0.5) is 0 Å². The van der Waals surface area contributed by atoms with E-state index in [4.69, 9.17) is 9.47 Å². The number of ether oxygens (including phenoxy) is 2. The Morgan fingerprint density at radius 2 is 1.86 bits per heavy atom. The Balaban J connectivity index is 1.92. The van der Waals surface area contributed by atoms with Gasteiger partial charge in [-0.3, -0.25) is 0 Å². The van der Waals surface area contributed by atoms with E-state index >= 15 is 0 Å². The SMILES string of the molecule is CCNC(=NCc1ncc(CC)s1)NCCc1ccc(OCC)c(OCC)c1. The molecule has 0 aliphatic rings. The van der Waals surface area contributed by atoms with Gasteiger partial charge in [-0.2, -0.15) is 0 Å². The standard InChI is InChI=1S/C21H32N4O2S/c1-5-17-14-24-20(28-17)15-25-21(22-6-2)23-12-11-16-9-10-18(26-7-3)19(13-16)27-8-4/h9-10,13-14H,5-8,11-12,15H2,1-4H3,(H2,22,23,25). The third kappa shape index (κ3) is 7.03. The highest BCUT2D eigenvalue weighted by Crippen LogP contribution is 2.28. The number of thiazole rings is 1. The van der Waals surface area contributed by atoms with Gasteiger partial charge in [-0.15, -0.1) is 11.3 Å². The van der Waals surface area contributed by atoms with Crippen LogP contribution in [0.5, 0.6) is 11.5 Å². The average molecular weight is 405 g/mol. The molecule has 154 valence electrons. The van der Waals surface area contributed by atoms with Crippen molar-refractivity contribution in [2.45, 2.75) is 47.1 Å². The summed E-state index contributed by atoms with van der Waals surface area (Å²) < 4.78 is 11.3. The van der Waals surface area contributed by atoms with E-state index in [1.54, 1.807) is 11.3 Å². The fourth-order valence-corrected chi connectivity index (χ4v) is 3.44. The fraction of sp³-hybridized carbons (Fsp3) is 0.524. The molecule has 2 rings (SSSR count). The van der Waals surface area contributed by atoms with Gasteiger partial charge in [0.25, 0.3) is 0 Å². The summed E-state index contributed by atoms with van der Waals surface area (Å²) in [5.74, 6) is 2.41. The molecule has 7 heteroatoms. The van der Waals surface area contributed by atoms with Crippen molar-refractivity contribution in [3.8, 4) is 11.5 Å². The van der Waals surface area contributed by atoms with Crippen molar-refractivity contribution in [1.29, 1.82) is 0 Å². The zero-order valence-electron chi connectivity index (χ0n) is 17.4. The lowest BCUT2D eigenvalue weighted by Gasteiger charge is -2.14. The van der Waals surface area contributed by atoms with Gasteiger partial charge in [-0.25, -0.2) is 9.98 Å². The summed E-state index contributed by atoms with van der Waals surface area (Å²) >= 11 is 1.73. The highest BCUT2D eigenvalue weighted by atomic mass is 32.1. The van der Waals surface area contributed by atoms with Crippen molar-refractivity contribution < 1.29 is 9.47 Å². The molecule has 0 radical (unpaired) electrons. The lowest BCUT2D eigenvalue weighted by molar-refractivity contribution is 0.287. The molecule has 0 spiro atoms. The van der Waals surface area contributed by atoms with E-state index in [0.717, 1.165) is 48.4 Å². The smallest absolute Gasteiger partial charge is 0.191 e. The van der Waals surface area contributed by atoms with Crippen LogP contribution in [0, 0.1) is 0 Å². The Bertz CT molecular complexity index is 746. The van der Waals surface area contributed by atoms with Crippen molar-refractivity contribution >= 4 is 17.3 Å². The Morgan fingerprint density at radius 1 is 1.07 bits per heavy atom. The van der Waals surface area contributed by atoms with Crippen LogP contribution >= 0.6 is 11.3 Å². The summed E-state index contributed by atoms with van der Waals surface area (Å²) in [5, 5.41) is 7.73. The number of aromatic nitrogens is 1. The Labute approximate surface area is 172 Å². The minimum absolute atomic E-state index is 0.595. The summed E-state index contributed by atoms with van der Waals surface area (Å²) in [6.45, 7) is 11.6. The first kappa shape index (κ1) is 22.0. The van der Waals surface area contributed by atoms with Crippen molar-refractivity contribution in [1.82, 2.24) is 15.6 Å². The van der Waals surface area contributed by atoms with Gasteiger partial charge in [-0.1, -0.05) is 13.0 Å². The molecule has 1 aromatic heterocycles. The molecule has 28 heavy (non-hydrogen) atoms.